The van der Waals surface area contributed by atoms with Crippen molar-refractivity contribution in [3.8, 4) is 0 Å². The van der Waals surface area contributed by atoms with Gasteiger partial charge in [-0.3, -0.25) is 4.79 Å². The Kier molecular flexibility index (Phi) is 3.68. The second kappa shape index (κ2) is 4.80. The highest BCUT2D eigenvalue weighted by atomic mass is 35.5. The fourth-order valence-electron chi connectivity index (χ4n) is 1.61. The molecule has 1 aromatic rings. The quantitative estimate of drug-likeness (QED) is 0.921. The fourth-order valence-corrected chi connectivity index (χ4v) is 4.40. The van der Waals surface area contributed by atoms with E-state index in [1.54, 1.807) is 12.3 Å². The lowest BCUT2D eigenvalue weighted by Gasteiger charge is -2.20. The fraction of sp³-hybridized carbons (Fsp3) is 0.500. The Labute approximate surface area is 114 Å². The van der Waals surface area contributed by atoms with Crippen LogP contribution in [0.15, 0.2) is 15.7 Å². The molecular weight excluding hydrogens is 298 g/mol. The molecule has 0 radical (unpaired) electrons. The maximum Gasteiger partial charge on any atom is 0.275 e. The lowest BCUT2D eigenvalue weighted by Crippen LogP contribution is -2.42. The Morgan fingerprint density at radius 3 is 2.83 bits per heavy atom. The van der Waals surface area contributed by atoms with E-state index in [0.717, 1.165) is 11.3 Å². The molecular formula is C10H12ClNO4S2. The van der Waals surface area contributed by atoms with Gasteiger partial charge in [0, 0.05) is 6.61 Å². The Balaban J connectivity index is 2.19. The zero-order valence-corrected chi connectivity index (χ0v) is 12.0. The first-order chi connectivity index (χ1) is 8.35. The number of thiophene rings is 1. The minimum Gasteiger partial charge on any atom is -0.380 e. The highest BCUT2D eigenvalue weighted by molar-refractivity contribution is 7.92. The molecule has 0 saturated carbocycles. The summed E-state index contributed by atoms with van der Waals surface area (Å²) in [4.78, 5) is 12.0. The van der Waals surface area contributed by atoms with Crippen LogP contribution in [0.2, 0.25) is 5.02 Å². The van der Waals surface area contributed by atoms with E-state index in [1.165, 1.54) is 6.07 Å². The van der Waals surface area contributed by atoms with E-state index in [-0.39, 0.29) is 15.8 Å². The Hall–Kier alpha value is -0.630. The van der Waals surface area contributed by atoms with E-state index in [2.05, 4.69) is 4.72 Å². The number of sulfonamides is 1. The monoisotopic (exact) mass is 309 g/mol. The maximum atomic E-state index is 12.0. The second-order valence-electron chi connectivity index (χ2n) is 4.35. The number of rotatable bonds is 3. The summed E-state index contributed by atoms with van der Waals surface area (Å²) >= 11 is 6.73. The molecule has 1 atom stereocenters. The number of hydrogen-bond acceptors (Lipinski definition) is 5. The van der Waals surface area contributed by atoms with Crippen LogP contribution in [0.1, 0.15) is 13.3 Å². The predicted molar refractivity (Wildman–Crippen MR) is 68.2 cm³/mol. The largest absolute Gasteiger partial charge is 0.380 e. The summed E-state index contributed by atoms with van der Waals surface area (Å²) in [6.45, 7) is 2.37. The first-order valence-electron chi connectivity index (χ1n) is 5.23. The van der Waals surface area contributed by atoms with Crippen LogP contribution in [0.4, 0.5) is 0 Å². The third-order valence-electron chi connectivity index (χ3n) is 2.82. The lowest BCUT2D eigenvalue weighted by atomic mass is 9.89. The SMILES string of the molecule is CC1(C(=O)NS(=O)(=O)c2sccc2Cl)CCOC1. The smallest absolute Gasteiger partial charge is 0.275 e. The molecule has 18 heavy (non-hydrogen) atoms. The van der Waals surface area contributed by atoms with Crippen molar-refractivity contribution in [3.63, 3.8) is 0 Å². The third-order valence-corrected chi connectivity index (χ3v) is 6.18. The van der Waals surface area contributed by atoms with Gasteiger partial charge in [-0.15, -0.1) is 11.3 Å². The van der Waals surface area contributed by atoms with Crippen LogP contribution in [0.3, 0.4) is 0 Å². The lowest BCUT2D eigenvalue weighted by molar-refractivity contribution is -0.128. The first kappa shape index (κ1) is 13.8. The summed E-state index contributed by atoms with van der Waals surface area (Å²) in [6, 6.07) is 1.48. The molecule has 1 unspecified atom stereocenters. The van der Waals surface area contributed by atoms with Gasteiger partial charge < -0.3 is 4.74 Å². The van der Waals surface area contributed by atoms with Gasteiger partial charge in [0.05, 0.1) is 17.0 Å². The number of carbonyl (C=O) groups is 1. The number of amides is 1. The highest BCUT2D eigenvalue weighted by Crippen LogP contribution is 2.30. The summed E-state index contributed by atoms with van der Waals surface area (Å²) in [6.07, 6.45) is 0.506. The topological polar surface area (TPSA) is 72.5 Å². The highest BCUT2D eigenvalue weighted by Gasteiger charge is 2.39. The van der Waals surface area contributed by atoms with Crippen LogP contribution in [0.25, 0.3) is 0 Å². The molecule has 2 rings (SSSR count). The van der Waals surface area contributed by atoms with Gasteiger partial charge in [0.1, 0.15) is 0 Å². The molecule has 1 aliphatic heterocycles. The Bertz CT molecular complexity index is 560. The van der Waals surface area contributed by atoms with Crippen LogP contribution in [-0.4, -0.2) is 27.5 Å². The molecule has 1 N–H and O–H groups in total. The molecule has 5 nitrogen and oxygen atoms in total. The zero-order chi connectivity index (χ0) is 13.4. The number of nitrogens with one attached hydrogen (secondary N) is 1. The van der Waals surface area contributed by atoms with Crippen molar-refractivity contribution < 1.29 is 17.9 Å². The number of ether oxygens (including phenoxy) is 1. The van der Waals surface area contributed by atoms with Crippen LogP contribution >= 0.6 is 22.9 Å². The Morgan fingerprint density at radius 2 is 2.33 bits per heavy atom. The van der Waals surface area contributed by atoms with E-state index in [9.17, 15) is 13.2 Å². The molecule has 0 aromatic carbocycles. The number of halogens is 1. The van der Waals surface area contributed by atoms with Gasteiger partial charge in [0.25, 0.3) is 10.0 Å². The molecule has 1 aliphatic rings. The first-order valence-corrected chi connectivity index (χ1v) is 7.97. The number of carbonyl (C=O) groups excluding carboxylic acids is 1. The maximum absolute atomic E-state index is 12.0. The van der Waals surface area contributed by atoms with Gasteiger partial charge in [-0.05, 0) is 24.8 Å². The predicted octanol–water partition coefficient (Wildman–Crippen LogP) is 1.63. The van der Waals surface area contributed by atoms with Crippen molar-refractivity contribution in [3.05, 3.63) is 16.5 Å². The normalized spacial score (nSPS) is 24.1. The molecule has 2 heterocycles. The van der Waals surface area contributed by atoms with E-state index in [1.807, 2.05) is 0 Å². The van der Waals surface area contributed by atoms with Crippen molar-refractivity contribution in [2.24, 2.45) is 5.41 Å². The summed E-state index contributed by atoms with van der Waals surface area (Å²) in [5, 5.41) is 1.68. The van der Waals surface area contributed by atoms with E-state index >= 15 is 0 Å². The zero-order valence-electron chi connectivity index (χ0n) is 9.60. The van der Waals surface area contributed by atoms with Crippen molar-refractivity contribution in [2.75, 3.05) is 13.2 Å². The summed E-state index contributed by atoms with van der Waals surface area (Å²) in [5.41, 5.74) is -0.795. The van der Waals surface area contributed by atoms with Gasteiger partial charge in [-0.1, -0.05) is 11.6 Å². The molecule has 8 heteroatoms. The van der Waals surface area contributed by atoms with Crippen LogP contribution in [0.5, 0.6) is 0 Å². The molecule has 1 saturated heterocycles. The van der Waals surface area contributed by atoms with Gasteiger partial charge in [-0.2, -0.15) is 0 Å². The summed E-state index contributed by atoms with van der Waals surface area (Å²) in [7, 11) is -3.89. The standard InChI is InChI=1S/C10H12ClNO4S2/c1-10(3-4-16-6-10)9(13)12-18(14,15)8-7(11)2-5-17-8/h2,5H,3-4,6H2,1H3,(H,12,13). The molecule has 1 fully saturated rings. The second-order valence-corrected chi connectivity index (χ2v) is 7.55. The summed E-state index contributed by atoms with van der Waals surface area (Å²) < 4.78 is 31.1. The molecule has 0 aliphatic carbocycles. The average molecular weight is 310 g/mol. The molecule has 0 spiro atoms. The van der Waals surface area contributed by atoms with E-state index < -0.39 is 21.3 Å². The molecule has 1 aromatic heterocycles. The molecule has 100 valence electrons. The van der Waals surface area contributed by atoms with Crippen molar-refractivity contribution in [1.29, 1.82) is 0 Å². The van der Waals surface area contributed by atoms with Crippen LogP contribution < -0.4 is 4.72 Å². The van der Waals surface area contributed by atoms with Gasteiger partial charge >= 0.3 is 0 Å². The third kappa shape index (κ3) is 2.54. The minimum absolute atomic E-state index is 0.0416. The molecule has 0 bridgehead atoms. The van der Waals surface area contributed by atoms with Crippen molar-refractivity contribution in [2.45, 2.75) is 17.6 Å². The van der Waals surface area contributed by atoms with E-state index in [0.29, 0.717) is 13.0 Å². The minimum atomic E-state index is -3.89. The Morgan fingerprint density at radius 1 is 1.61 bits per heavy atom. The van der Waals surface area contributed by atoms with Crippen LogP contribution in [0, 0.1) is 5.41 Å². The van der Waals surface area contributed by atoms with Gasteiger partial charge in [0.15, 0.2) is 4.21 Å². The van der Waals surface area contributed by atoms with Crippen LogP contribution in [-0.2, 0) is 19.6 Å². The number of hydrogen-bond donors (Lipinski definition) is 1. The van der Waals surface area contributed by atoms with Crippen molar-refractivity contribution in [1.82, 2.24) is 4.72 Å². The van der Waals surface area contributed by atoms with Gasteiger partial charge in [-0.25, -0.2) is 13.1 Å². The van der Waals surface area contributed by atoms with E-state index in [4.69, 9.17) is 16.3 Å². The summed E-state index contributed by atoms with van der Waals surface area (Å²) in [5.74, 6) is -0.551. The van der Waals surface area contributed by atoms with Gasteiger partial charge in [0.2, 0.25) is 5.91 Å². The molecule has 1 amide bonds. The average Bonchev–Trinajstić information content (AvgIpc) is 2.87. The van der Waals surface area contributed by atoms with Crippen molar-refractivity contribution >= 4 is 38.9 Å².